The van der Waals surface area contributed by atoms with Crippen LogP contribution < -0.4 is 10.4 Å². The molecule has 2 heterocycles. The Morgan fingerprint density at radius 1 is 1.03 bits per heavy atom. The summed E-state index contributed by atoms with van der Waals surface area (Å²) in [6.07, 6.45) is 1.15. The van der Waals surface area contributed by atoms with E-state index in [9.17, 15) is 4.79 Å². The van der Waals surface area contributed by atoms with Crippen LogP contribution in [0.3, 0.4) is 0 Å². The van der Waals surface area contributed by atoms with Gasteiger partial charge in [0.05, 0.1) is 5.56 Å². The molecule has 1 saturated carbocycles. The molecule has 1 fully saturated rings. The van der Waals surface area contributed by atoms with Crippen molar-refractivity contribution < 1.29 is 9.15 Å². The molecule has 0 spiro atoms. The fourth-order valence-corrected chi connectivity index (χ4v) is 7.88. The minimum Gasteiger partial charge on any atom is -0.486 e. The maximum absolute atomic E-state index is 12.9. The van der Waals surface area contributed by atoms with E-state index in [-0.39, 0.29) is 33.9 Å². The zero-order chi connectivity index (χ0) is 21.7. The number of rotatable bonds is 0. The Kier molecular flexibility index (Phi) is 4.30. The van der Waals surface area contributed by atoms with Crippen molar-refractivity contribution in [1.29, 1.82) is 0 Å². The van der Waals surface area contributed by atoms with E-state index in [0.717, 1.165) is 17.7 Å². The van der Waals surface area contributed by atoms with Crippen LogP contribution in [0.15, 0.2) is 26.4 Å². The molecule has 1 aromatic heterocycles. The van der Waals surface area contributed by atoms with Gasteiger partial charge in [-0.15, -0.1) is 0 Å². The highest BCUT2D eigenvalue weighted by Gasteiger charge is 2.67. The Morgan fingerprint density at radius 3 is 2.28 bits per heavy atom. The van der Waals surface area contributed by atoms with Crippen molar-refractivity contribution >= 4 is 0 Å². The zero-order valence-electron chi connectivity index (χ0n) is 19.9. The first-order valence-corrected chi connectivity index (χ1v) is 11.3. The van der Waals surface area contributed by atoms with Gasteiger partial charge in [-0.3, -0.25) is 0 Å². The van der Waals surface area contributed by atoms with Gasteiger partial charge in [0.2, 0.25) is 0 Å². The van der Waals surface area contributed by atoms with Gasteiger partial charge in [-0.05, 0) is 68.6 Å². The minimum absolute atomic E-state index is 0.0444. The Bertz CT molecular complexity index is 951. The van der Waals surface area contributed by atoms with Crippen molar-refractivity contribution in [1.82, 2.24) is 0 Å². The number of allylic oxidation sites excluding steroid dienone is 2. The molecule has 3 nitrogen and oxygen atoms in total. The molecule has 3 aliphatic rings. The lowest BCUT2D eigenvalue weighted by atomic mass is 9.38. The molecule has 3 heteroatoms. The molecule has 7 atom stereocenters. The smallest absolute Gasteiger partial charge is 0.343 e. The standard InChI is InChI=1S/C26H38O3/c1-13-11-20-24(7,8)17(5)15(3)18(6)25(20,9)22-16(4)21-19(29-26(13,22)10)12-14(2)28-23(21)27/h12-13,16,18,20,22H,11H2,1-10H3/t13?,16?,18?,20-,22?,25-,26+/m0/s1. The van der Waals surface area contributed by atoms with Crippen LogP contribution in [-0.2, 0) is 0 Å². The lowest BCUT2D eigenvalue weighted by Gasteiger charge is -2.68. The van der Waals surface area contributed by atoms with Crippen molar-refractivity contribution in [3.05, 3.63) is 39.0 Å². The summed E-state index contributed by atoms with van der Waals surface area (Å²) in [6.45, 7) is 23.1. The van der Waals surface area contributed by atoms with Crippen molar-refractivity contribution in [3.63, 3.8) is 0 Å². The number of ether oxygens (including phenoxy) is 1. The predicted octanol–water partition coefficient (Wildman–Crippen LogP) is 6.49. The molecule has 0 saturated heterocycles. The Hall–Kier alpha value is -1.51. The number of aryl methyl sites for hydroxylation is 1. The summed E-state index contributed by atoms with van der Waals surface area (Å²) < 4.78 is 12.3. The van der Waals surface area contributed by atoms with Gasteiger partial charge in [-0.25, -0.2) is 4.79 Å². The molecule has 0 bridgehead atoms. The second-order valence-corrected chi connectivity index (χ2v) is 11.3. The van der Waals surface area contributed by atoms with Crippen LogP contribution in [0.5, 0.6) is 5.75 Å². The van der Waals surface area contributed by atoms with Crippen LogP contribution in [0.2, 0.25) is 0 Å². The summed E-state index contributed by atoms with van der Waals surface area (Å²) in [5, 5.41) is 0. The lowest BCUT2D eigenvalue weighted by molar-refractivity contribution is -0.195. The highest BCUT2D eigenvalue weighted by Crippen LogP contribution is 2.70. The first-order valence-electron chi connectivity index (χ1n) is 11.3. The van der Waals surface area contributed by atoms with Crippen molar-refractivity contribution in [2.75, 3.05) is 0 Å². The van der Waals surface area contributed by atoms with E-state index in [2.05, 4.69) is 62.3 Å². The normalized spacial score (nSPS) is 43.2. The number of hydrogen-bond acceptors (Lipinski definition) is 3. The maximum Gasteiger partial charge on any atom is 0.343 e. The second-order valence-electron chi connectivity index (χ2n) is 11.3. The molecule has 4 unspecified atom stereocenters. The third-order valence-corrected chi connectivity index (χ3v) is 9.98. The minimum atomic E-state index is -0.298. The Labute approximate surface area is 175 Å². The molecule has 1 aromatic rings. The van der Waals surface area contributed by atoms with Crippen molar-refractivity contribution in [2.24, 2.45) is 34.5 Å². The van der Waals surface area contributed by atoms with Gasteiger partial charge in [0.1, 0.15) is 17.1 Å². The topological polar surface area (TPSA) is 39.4 Å². The monoisotopic (exact) mass is 398 g/mol. The van der Waals surface area contributed by atoms with Crippen LogP contribution in [-0.4, -0.2) is 5.60 Å². The van der Waals surface area contributed by atoms with E-state index in [1.807, 2.05) is 13.0 Å². The van der Waals surface area contributed by atoms with Gasteiger partial charge < -0.3 is 9.15 Å². The Morgan fingerprint density at radius 2 is 1.66 bits per heavy atom. The average Bonchev–Trinajstić information content (AvgIpc) is 2.60. The fraction of sp³-hybridized carbons (Fsp3) is 0.731. The first kappa shape index (κ1) is 20.8. The number of fused-ring (bicyclic) bond motifs is 4. The van der Waals surface area contributed by atoms with E-state index in [1.54, 1.807) is 5.57 Å². The number of hydrogen-bond donors (Lipinski definition) is 0. The van der Waals surface area contributed by atoms with Gasteiger partial charge in [0, 0.05) is 12.0 Å². The quantitative estimate of drug-likeness (QED) is 0.469. The van der Waals surface area contributed by atoms with E-state index < -0.39 is 0 Å². The van der Waals surface area contributed by atoms with E-state index in [1.165, 1.54) is 5.57 Å². The van der Waals surface area contributed by atoms with Crippen LogP contribution in [0.4, 0.5) is 0 Å². The molecule has 29 heavy (non-hydrogen) atoms. The van der Waals surface area contributed by atoms with Crippen LogP contribution in [0, 0.1) is 41.4 Å². The van der Waals surface area contributed by atoms with Gasteiger partial charge in [-0.1, -0.05) is 52.7 Å². The SMILES string of the molecule is CC1=C(C)C(C)(C)[C@@H]2CC(C)[C@@]3(C)Oc4cc(C)oc(=O)c4C(C)C3[C@@]2(C)C1C. The van der Waals surface area contributed by atoms with Gasteiger partial charge in [0.15, 0.2) is 0 Å². The van der Waals surface area contributed by atoms with Crippen LogP contribution in [0.1, 0.15) is 86.0 Å². The highest BCUT2D eigenvalue weighted by molar-refractivity contribution is 5.41. The molecule has 0 aromatic carbocycles. The molecule has 1 aliphatic heterocycles. The summed E-state index contributed by atoms with van der Waals surface area (Å²) in [6, 6.07) is 1.92. The zero-order valence-corrected chi connectivity index (χ0v) is 19.9. The Balaban J connectivity index is 1.99. The van der Waals surface area contributed by atoms with Gasteiger partial charge >= 0.3 is 5.63 Å². The van der Waals surface area contributed by atoms with E-state index in [0.29, 0.717) is 23.5 Å². The average molecular weight is 399 g/mol. The highest BCUT2D eigenvalue weighted by atomic mass is 16.5. The van der Waals surface area contributed by atoms with E-state index >= 15 is 0 Å². The fourth-order valence-electron chi connectivity index (χ4n) is 7.88. The molecule has 4 rings (SSSR count). The van der Waals surface area contributed by atoms with Gasteiger partial charge in [-0.2, -0.15) is 0 Å². The van der Waals surface area contributed by atoms with Crippen molar-refractivity contribution in [2.45, 2.75) is 87.2 Å². The van der Waals surface area contributed by atoms with Crippen LogP contribution >= 0.6 is 0 Å². The third kappa shape index (κ3) is 2.39. The largest absolute Gasteiger partial charge is 0.486 e. The molecule has 0 radical (unpaired) electrons. The molecule has 0 amide bonds. The summed E-state index contributed by atoms with van der Waals surface area (Å²) >= 11 is 0. The maximum atomic E-state index is 12.9. The molecule has 0 N–H and O–H groups in total. The summed E-state index contributed by atoms with van der Waals surface area (Å²) in [7, 11) is 0. The van der Waals surface area contributed by atoms with Crippen LogP contribution in [0.25, 0.3) is 0 Å². The van der Waals surface area contributed by atoms with Crippen molar-refractivity contribution in [3.8, 4) is 5.75 Å². The third-order valence-electron chi connectivity index (χ3n) is 9.98. The summed E-state index contributed by atoms with van der Waals surface area (Å²) in [5.74, 6) is 3.11. The molecule has 2 aliphatic carbocycles. The lowest BCUT2D eigenvalue weighted by Crippen LogP contribution is -2.67. The second kappa shape index (κ2) is 6.02. The molecular formula is C26H38O3. The predicted molar refractivity (Wildman–Crippen MR) is 117 cm³/mol. The molecular weight excluding hydrogens is 360 g/mol. The van der Waals surface area contributed by atoms with Gasteiger partial charge in [0.25, 0.3) is 0 Å². The summed E-state index contributed by atoms with van der Waals surface area (Å²) in [5.41, 5.74) is 3.46. The van der Waals surface area contributed by atoms with E-state index in [4.69, 9.17) is 9.15 Å². The first-order chi connectivity index (χ1) is 13.3. The molecule has 160 valence electrons. The summed E-state index contributed by atoms with van der Waals surface area (Å²) in [4.78, 5) is 12.9.